The van der Waals surface area contributed by atoms with E-state index in [-0.39, 0.29) is 11.9 Å². The van der Waals surface area contributed by atoms with E-state index in [1.807, 2.05) is 13.0 Å². The summed E-state index contributed by atoms with van der Waals surface area (Å²) >= 11 is 12.3. The number of carboxylic acids is 4. The topological polar surface area (TPSA) is 185 Å². The standard InChI is InChI=1S/C27H33Cl2FN2O3.C6H8O7/c1-18-25(7-6-23(28)26(18)29)35-22-10-12-31(13-11-22)17-20-8-14-32(15-9-20)24(27(33)34)16-19-2-4-21(30)5-3-19;7-3(8)1-6(13,5(11)12)2-4(9)10/h2-7,20,22,24H,8-17H2,1H3,(H,33,34);13H,1-2H2,(H,7,8)(H,9,10)(H,11,12)/t24-;/m0./s1. The first-order valence-electron chi connectivity index (χ1n) is 15.5. The number of likely N-dealkylation sites (tertiary alicyclic amines) is 2. The average Bonchev–Trinajstić information content (AvgIpc) is 3.02. The van der Waals surface area contributed by atoms with Crippen LogP contribution < -0.4 is 4.74 Å². The van der Waals surface area contributed by atoms with Crippen molar-refractivity contribution in [3.05, 3.63) is 63.4 Å². The molecule has 0 radical (unpaired) electrons. The van der Waals surface area contributed by atoms with Gasteiger partial charge in [0.05, 0.1) is 22.9 Å². The zero-order valence-corrected chi connectivity index (χ0v) is 28.0. The number of benzene rings is 2. The molecule has 2 aliphatic rings. The van der Waals surface area contributed by atoms with Crippen LogP contribution in [0.4, 0.5) is 4.39 Å². The molecule has 12 nitrogen and oxygen atoms in total. The van der Waals surface area contributed by atoms with Gasteiger partial charge in [-0.25, -0.2) is 9.18 Å². The Morgan fingerprint density at radius 1 is 0.896 bits per heavy atom. The smallest absolute Gasteiger partial charge is 0.336 e. The molecule has 0 bridgehead atoms. The van der Waals surface area contributed by atoms with E-state index in [0.29, 0.717) is 22.4 Å². The van der Waals surface area contributed by atoms with Crippen LogP contribution >= 0.6 is 23.2 Å². The van der Waals surface area contributed by atoms with Crippen molar-refractivity contribution in [3.63, 3.8) is 0 Å². The Labute approximate surface area is 287 Å². The molecule has 0 spiro atoms. The summed E-state index contributed by atoms with van der Waals surface area (Å²) in [5.74, 6) is -4.76. The number of carbonyl (C=O) groups is 4. The number of hydrogen-bond acceptors (Lipinski definition) is 8. The second kappa shape index (κ2) is 17.8. The number of aliphatic carboxylic acids is 4. The first-order valence-corrected chi connectivity index (χ1v) is 16.3. The lowest BCUT2D eigenvalue weighted by Gasteiger charge is -2.39. The number of aliphatic hydroxyl groups is 1. The van der Waals surface area contributed by atoms with Gasteiger partial charge >= 0.3 is 23.9 Å². The van der Waals surface area contributed by atoms with Crippen molar-refractivity contribution in [2.45, 2.75) is 69.6 Å². The average molecular weight is 716 g/mol. The number of halogens is 3. The van der Waals surface area contributed by atoms with Gasteiger partial charge in [0.2, 0.25) is 0 Å². The molecule has 2 aliphatic heterocycles. The molecule has 0 saturated carbocycles. The predicted molar refractivity (Wildman–Crippen MR) is 174 cm³/mol. The Balaban J connectivity index is 0.000000408. The molecule has 2 aromatic rings. The van der Waals surface area contributed by atoms with Crippen molar-refractivity contribution in [2.75, 3.05) is 32.7 Å². The van der Waals surface area contributed by atoms with Gasteiger partial charge in [0.15, 0.2) is 5.60 Å². The molecule has 2 saturated heterocycles. The summed E-state index contributed by atoms with van der Waals surface area (Å²) in [4.78, 5) is 47.0. The summed E-state index contributed by atoms with van der Waals surface area (Å²) in [5, 5.41) is 44.7. The first-order chi connectivity index (χ1) is 22.6. The lowest BCUT2D eigenvalue weighted by molar-refractivity contribution is -0.170. The van der Waals surface area contributed by atoms with Crippen LogP contribution in [0, 0.1) is 18.7 Å². The number of hydrogen-bond donors (Lipinski definition) is 5. The molecular formula is C33H41Cl2FN2O10. The van der Waals surface area contributed by atoms with Crippen molar-refractivity contribution in [1.82, 2.24) is 9.80 Å². The van der Waals surface area contributed by atoms with E-state index in [1.54, 1.807) is 18.2 Å². The van der Waals surface area contributed by atoms with E-state index in [1.165, 1.54) is 12.1 Å². The highest BCUT2D eigenvalue weighted by Gasteiger charge is 2.41. The van der Waals surface area contributed by atoms with E-state index >= 15 is 0 Å². The van der Waals surface area contributed by atoms with Crippen molar-refractivity contribution in [3.8, 4) is 5.75 Å². The van der Waals surface area contributed by atoms with Gasteiger partial charge in [-0.3, -0.25) is 19.3 Å². The molecule has 1 atom stereocenters. The number of nitrogens with zero attached hydrogens (tertiary/aromatic N) is 2. The maximum absolute atomic E-state index is 13.2. The number of carboxylic acid groups (broad SMARTS) is 4. The molecule has 48 heavy (non-hydrogen) atoms. The molecule has 0 unspecified atom stereocenters. The van der Waals surface area contributed by atoms with Crippen LogP contribution in [0.5, 0.6) is 5.75 Å². The predicted octanol–water partition coefficient (Wildman–Crippen LogP) is 4.44. The Morgan fingerprint density at radius 2 is 1.46 bits per heavy atom. The molecule has 2 fully saturated rings. The molecule has 0 aromatic heterocycles. The minimum Gasteiger partial charge on any atom is -0.490 e. The molecule has 2 aromatic carbocycles. The number of piperidine rings is 2. The fourth-order valence-corrected chi connectivity index (χ4v) is 6.25. The van der Waals surface area contributed by atoms with E-state index in [2.05, 4.69) is 9.80 Å². The zero-order valence-electron chi connectivity index (χ0n) is 26.5. The number of ether oxygens (including phenoxy) is 1. The lowest BCUT2D eigenvalue weighted by Crippen LogP contribution is -2.48. The summed E-state index contributed by atoms with van der Waals surface area (Å²) in [6.45, 7) is 6.51. The highest BCUT2D eigenvalue weighted by Crippen LogP contribution is 2.34. The monoisotopic (exact) mass is 714 g/mol. The summed E-state index contributed by atoms with van der Waals surface area (Å²) in [6, 6.07) is 9.23. The maximum atomic E-state index is 13.2. The van der Waals surface area contributed by atoms with E-state index in [4.69, 9.17) is 48.4 Å². The Hall–Kier alpha value is -3.49. The van der Waals surface area contributed by atoms with E-state index < -0.39 is 48.4 Å². The van der Waals surface area contributed by atoms with E-state index in [0.717, 1.165) is 75.3 Å². The summed E-state index contributed by atoms with van der Waals surface area (Å²) in [7, 11) is 0. The summed E-state index contributed by atoms with van der Waals surface area (Å²) in [5.41, 5.74) is -1.01. The van der Waals surface area contributed by atoms with Crippen LogP contribution in [-0.2, 0) is 25.6 Å². The summed E-state index contributed by atoms with van der Waals surface area (Å²) in [6.07, 6.45) is 2.20. The molecule has 2 heterocycles. The largest absolute Gasteiger partial charge is 0.490 e. The van der Waals surface area contributed by atoms with Gasteiger partial charge in [0.1, 0.15) is 23.7 Å². The van der Waals surface area contributed by atoms with Crippen LogP contribution in [-0.4, -0.2) is 110 Å². The van der Waals surface area contributed by atoms with Gasteiger partial charge in [0, 0.05) is 25.2 Å². The van der Waals surface area contributed by atoms with Crippen molar-refractivity contribution in [2.24, 2.45) is 5.92 Å². The van der Waals surface area contributed by atoms with E-state index in [9.17, 15) is 28.7 Å². The molecule has 0 aliphatic carbocycles. The molecule has 264 valence electrons. The minimum atomic E-state index is -2.74. The Bertz CT molecular complexity index is 1410. The summed E-state index contributed by atoms with van der Waals surface area (Å²) < 4.78 is 19.4. The Kier molecular flexibility index (Phi) is 14.4. The molecule has 4 rings (SSSR count). The number of rotatable bonds is 13. The third kappa shape index (κ3) is 11.6. The third-order valence-electron chi connectivity index (χ3n) is 8.64. The zero-order chi connectivity index (χ0) is 35.6. The van der Waals surface area contributed by atoms with Gasteiger partial charge in [-0.1, -0.05) is 35.3 Å². The van der Waals surface area contributed by atoms with Crippen molar-refractivity contribution in [1.29, 1.82) is 0 Å². The molecular weight excluding hydrogens is 674 g/mol. The van der Waals surface area contributed by atoms with Crippen molar-refractivity contribution >= 4 is 47.1 Å². The Morgan fingerprint density at radius 3 is 1.96 bits per heavy atom. The highest BCUT2D eigenvalue weighted by molar-refractivity contribution is 6.42. The van der Waals surface area contributed by atoms with Gasteiger partial charge in [-0.05, 0) is 87.9 Å². The third-order valence-corrected chi connectivity index (χ3v) is 9.54. The lowest BCUT2D eigenvalue weighted by atomic mass is 9.93. The molecule has 0 amide bonds. The van der Waals surface area contributed by atoms with Crippen LogP contribution in [0.3, 0.4) is 0 Å². The van der Waals surface area contributed by atoms with Crippen LogP contribution in [0.2, 0.25) is 10.0 Å². The van der Waals surface area contributed by atoms with Crippen LogP contribution in [0.1, 0.15) is 49.7 Å². The fraction of sp³-hybridized carbons (Fsp3) is 0.515. The van der Waals surface area contributed by atoms with Crippen molar-refractivity contribution < 1.29 is 53.8 Å². The molecule has 5 N–H and O–H groups in total. The second-order valence-electron chi connectivity index (χ2n) is 12.2. The molecule has 15 heteroatoms. The van der Waals surface area contributed by atoms with Crippen LogP contribution in [0.25, 0.3) is 0 Å². The van der Waals surface area contributed by atoms with Crippen LogP contribution in [0.15, 0.2) is 36.4 Å². The SMILES string of the molecule is Cc1c(OC2CCN(CC3CCN([C@@H](Cc4ccc(F)cc4)C(=O)O)CC3)CC2)ccc(Cl)c1Cl.O=C(O)CC(O)(CC(=O)O)C(=O)O. The van der Waals surface area contributed by atoms with Gasteiger partial charge in [-0.15, -0.1) is 0 Å². The van der Waals surface area contributed by atoms with Gasteiger partial charge < -0.3 is 35.2 Å². The maximum Gasteiger partial charge on any atom is 0.336 e. The fourth-order valence-electron chi connectivity index (χ4n) is 5.89. The second-order valence-corrected chi connectivity index (χ2v) is 13.0. The highest BCUT2D eigenvalue weighted by atomic mass is 35.5. The van der Waals surface area contributed by atoms with Gasteiger partial charge in [0.25, 0.3) is 0 Å². The van der Waals surface area contributed by atoms with Gasteiger partial charge in [-0.2, -0.15) is 0 Å². The normalized spacial score (nSPS) is 17.2. The first kappa shape index (κ1) is 39.0. The minimum absolute atomic E-state index is 0.173. The quantitative estimate of drug-likeness (QED) is 0.197.